The van der Waals surface area contributed by atoms with E-state index in [1.54, 1.807) is 6.20 Å². The van der Waals surface area contributed by atoms with Crippen LogP contribution in [0.3, 0.4) is 0 Å². The number of pyridine rings is 1. The van der Waals surface area contributed by atoms with E-state index in [0.29, 0.717) is 5.82 Å². The van der Waals surface area contributed by atoms with Crippen LogP contribution in [0.25, 0.3) is 0 Å². The van der Waals surface area contributed by atoms with Gasteiger partial charge in [0.25, 0.3) is 0 Å². The zero-order chi connectivity index (χ0) is 10.2. The van der Waals surface area contributed by atoms with Crippen molar-refractivity contribution in [3.05, 3.63) is 23.4 Å². The fourth-order valence-corrected chi connectivity index (χ4v) is 2.39. The summed E-state index contributed by atoms with van der Waals surface area (Å²) in [4.78, 5) is 4.05. The van der Waals surface area contributed by atoms with E-state index in [2.05, 4.69) is 4.98 Å². The second-order valence-corrected chi connectivity index (χ2v) is 4.13. The second kappa shape index (κ2) is 3.24. The predicted octanol–water partition coefficient (Wildman–Crippen LogP) is 1.73. The first-order valence-corrected chi connectivity index (χ1v) is 5.07. The molecule has 76 valence electrons. The van der Waals surface area contributed by atoms with Gasteiger partial charge in [-0.2, -0.15) is 0 Å². The van der Waals surface area contributed by atoms with Crippen molar-refractivity contribution < 1.29 is 5.11 Å². The summed E-state index contributed by atoms with van der Waals surface area (Å²) in [6, 6.07) is 1.90. The van der Waals surface area contributed by atoms with Gasteiger partial charge >= 0.3 is 0 Å². The van der Waals surface area contributed by atoms with Crippen molar-refractivity contribution in [2.24, 2.45) is 0 Å². The molecule has 0 bridgehead atoms. The molecule has 2 rings (SSSR count). The molecule has 1 heterocycles. The van der Waals surface area contributed by atoms with Gasteiger partial charge in [-0.25, -0.2) is 4.98 Å². The normalized spacial score (nSPS) is 19.9. The minimum atomic E-state index is -0.720. The Morgan fingerprint density at radius 2 is 2.07 bits per heavy atom. The van der Waals surface area contributed by atoms with Gasteiger partial charge in [0.05, 0.1) is 5.60 Å². The van der Waals surface area contributed by atoms with Crippen LogP contribution in [0.1, 0.15) is 36.8 Å². The Morgan fingerprint density at radius 1 is 1.43 bits per heavy atom. The van der Waals surface area contributed by atoms with Crippen molar-refractivity contribution in [2.75, 3.05) is 5.73 Å². The molecule has 14 heavy (non-hydrogen) atoms. The van der Waals surface area contributed by atoms with Crippen LogP contribution in [0.15, 0.2) is 12.3 Å². The largest absolute Gasteiger partial charge is 0.385 e. The van der Waals surface area contributed by atoms with Crippen LogP contribution in [0.5, 0.6) is 0 Å². The molecule has 0 aliphatic heterocycles. The average molecular weight is 192 g/mol. The molecule has 3 N–H and O–H groups in total. The molecule has 0 radical (unpaired) electrons. The summed E-state index contributed by atoms with van der Waals surface area (Å²) >= 11 is 0. The molecule has 1 aromatic heterocycles. The van der Waals surface area contributed by atoms with Crippen molar-refractivity contribution in [1.82, 2.24) is 4.98 Å². The summed E-state index contributed by atoms with van der Waals surface area (Å²) in [6.45, 7) is 1.98. The van der Waals surface area contributed by atoms with Gasteiger partial charge < -0.3 is 10.8 Å². The molecule has 0 spiro atoms. The maximum absolute atomic E-state index is 10.4. The van der Waals surface area contributed by atoms with Crippen molar-refractivity contribution in [3.8, 4) is 0 Å². The third-order valence-corrected chi connectivity index (χ3v) is 3.08. The lowest BCUT2D eigenvalue weighted by Crippen LogP contribution is -2.24. The van der Waals surface area contributed by atoms with Crippen LogP contribution in [0.2, 0.25) is 0 Å². The van der Waals surface area contributed by atoms with Crippen LogP contribution >= 0.6 is 0 Å². The van der Waals surface area contributed by atoms with Gasteiger partial charge in [0, 0.05) is 11.8 Å². The molecule has 0 saturated heterocycles. The molecule has 1 fully saturated rings. The van der Waals surface area contributed by atoms with Crippen LogP contribution in [0, 0.1) is 6.92 Å². The number of aliphatic hydroxyl groups is 1. The topological polar surface area (TPSA) is 59.1 Å². The SMILES string of the molecule is Cc1ccnc(N)c1C1(O)CCCC1. The Morgan fingerprint density at radius 3 is 2.64 bits per heavy atom. The predicted molar refractivity (Wildman–Crippen MR) is 55.8 cm³/mol. The minimum absolute atomic E-state index is 0.481. The van der Waals surface area contributed by atoms with Crippen LogP contribution in [-0.4, -0.2) is 10.1 Å². The summed E-state index contributed by atoms with van der Waals surface area (Å²) in [5, 5.41) is 10.4. The highest BCUT2D eigenvalue weighted by Gasteiger charge is 2.36. The number of nitrogen functional groups attached to an aromatic ring is 1. The smallest absolute Gasteiger partial charge is 0.129 e. The molecule has 0 aromatic carbocycles. The highest BCUT2D eigenvalue weighted by atomic mass is 16.3. The van der Waals surface area contributed by atoms with Crippen molar-refractivity contribution in [1.29, 1.82) is 0 Å². The number of hydrogen-bond acceptors (Lipinski definition) is 3. The molecule has 1 aliphatic rings. The minimum Gasteiger partial charge on any atom is -0.385 e. The lowest BCUT2D eigenvalue weighted by molar-refractivity contribution is 0.0443. The van der Waals surface area contributed by atoms with Gasteiger partial charge in [0.1, 0.15) is 5.82 Å². The van der Waals surface area contributed by atoms with E-state index in [4.69, 9.17) is 5.73 Å². The summed E-state index contributed by atoms with van der Waals surface area (Å²) < 4.78 is 0. The monoisotopic (exact) mass is 192 g/mol. The summed E-state index contributed by atoms with van der Waals surface area (Å²) in [5.74, 6) is 0.481. The van der Waals surface area contributed by atoms with Gasteiger partial charge in [0.2, 0.25) is 0 Å². The van der Waals surface area contributed by atoms with Gasteiger partial charge in [0.15, 0.2) is 0 Å². The number of anilines is 1. The Bertz CT molecular complexity index is 323. The molecule has 0 amide bonds. The van der Waals surface area contributed by atoms with Gasteiger partial charge in [-0.1, -0.05) is 12.8 Å². The van der Waals surface area contributed by atoms with E-state index in [0.717, 1.165) is 36.8 Å². The van der Waals surface area contributed by atoms with Crippen molar-refractivity contribution in [2.45, 2.75) is 38.2 Å². The summed E-state index contributed by atoms with van der Waals surface area (Å²) in [6.07, 6.45) is 5.45. The quantitative estimate of drug-likeness (QED) is 0.712. The third kappa shape index (κ3) is 1.38. The first-order valence-electron chi connectivity index (χ1n) is 5.07. The van der Waals surface area contributed by atoms with E-state index < -0.39 is 5.60 Å². The van der Waals surface area contributed by atoms with E-state index in [1.165, 1.54) is 0 Å². The number of rotatable bonds is 1. The van der Waals surface area contributed by atoms with Gasteiger partial charge in [-0.05, 0) is 31.4 Å². The second-order valence-electron chi connectivity index (χ2n) is 4.13. The molecular weight excluding hydrogens is 176 g/mol. The lowest BCUT2D eigenvalue weighted by atomic mass is 9.89. The van der Waals surface area contributed by atoms with Gasteiger partial charge in [-0.3, -0.25) is 0 Å². The zero-order valence-corrected chi connectivity index (χ0v) is 8.45. The first-order chi connectivity index (χ1) is 6.63. The number of hydrogen-bond donors (Lipinski definition) is 2. The van der Waals surface area contributed by atoms with Crippen molar-refractivity contribution >= 4 is 5.82 Å². The molecule has 3 nitrogen and oxygen atoms in total. The molecule has 0 unspecified atom stereocenters. The van der Waals surface area contributed by atoms with Crippen LogP contribution in [0.4, 0.5) is 5.82 Å². The zero-order valence-electron chi connectivity index (χ0n) is 8.45. The fraction of sp³-hybridized carbons (Fsp3) is 0.545. The summed E-state index contributed by atoms with van der Waals surface area (Å²) in [7, 11) is 0. The number of nitrogens with zero attached hydrogens (tertiary/aromatic N) is 1. The molecule has 1 saturated carbocycles. The maximum atomic E-state index is 10.4. The van der Waals surface area contributed by atoms with E-state index in [-0.39, 0.29) is 0 Å². The molecule has 1 aromatic rings. The molecule has 3 heteroatoms. The molecule has 0 atom stereocenters. The first kappa shape index (κ1) is 9.46. The third-order valence-electron chi connectivity index (χ3n) is 3.08. The Kier molecular flexibility index (Phi) is 2.19. The highest BCUT2D eigenvalue weighted by Crippen LogP contribution is 2.41. The number of nitrogens with two attached hydrogens (primary N) is 1. The van der Waals surface area contributed by atoms with Crippen molar-refractivity contribution in [3.63, 3.8) is 0 Å². The van der Waals surface area contributed by atoms with Crippen LogP contribution in [-0.2, 0) is 5.60 Å². The Balaban J connectivity index is 2.49. The maximum Gasteiger partial charge on any atom is 0.129 e. The van der Waals surface area contributed by atoms with E-state index >= 15 is 0 Å². The molecular formula is C11H16N2O. The fourth-order valence-electron chi connectivity index (χ4n) is 2.39. The summed E-state index contributed by atoms with van der Waals surface area (Å²) in [5.41, 5.74) is 6.98. The Labute approximate surface area is 84.0 Å². The highest BCUT2D eigenvalue weighted by molar-refractivity contribution is 5.48. The lowest BCUT2D eigenvalue weighted by Gasteiger charge is -2.25. The Hall–Kier alpha value is -1.09. The van der Waals surface area contributed by atoms with E-state index in [1.807, 2.05) is 13.0 Å². The molecule has 1 aliphatic carbocycles. The van der Waals surface area contributed by atoms with Gasteiger partial charge in [-0.15, -0.1) is 0 Å². The number of aromatic nitrogens is 1. The van der Waals surface area contributed by atoms with E-state index in [9.17, 15) is 5.11 Å². The van der Waals surface area contributed by atoms with Crippen LogP contribution < -0.4 is 5.73 Å². The average Bonchev–Trinajstić information content (AvgIpc) is 2.52. The number of aryl methyl sites for hydroxylation is 1. The standard InChI is InChI=1S/C11H16N2O/c1-8-4-7-13-10(12)9(8)11(14)5-2-3-6-11/h4,7,14H,2-3,5-6H2,1H3,(H2,12,13).